The molecular weight excluding hydrogens is 264 g/mol. The summed E-state index contributed by atoms with van der Waals surface area (Å²) in [5, 5.41) is 0. The maximum Gasteiger partial charge on any atom is 0.160 e. The van der Waals surface area contributed by atoms with Gasteiger partial charge in [0.05, 0.1) is 14.2 Å². The van der Waals surface area contributed by atoms with Gasteiger partial charge in [0.2, 0.25) is 0 Å². The van der Waals surface area contributed by atoms with Crippen molar-refractivity contribution in [2.24, 2.45) is 5.73 Å². The van der Waals surface area contributed by atoms with Crippen molar-refractivity contribution in [1.29, 1.82) is 0 Å². The molecule has 0 aromatic heterocycles. The fourth-order valence-corrected chi connectivity index (χ4v) is 3.14. The molecule has 1 fully saturated rings. The van der Waals surface area contributed by atoms with Crippen LogP contribution in [0.15, 0.2) is 18.2 Å². The monoisotopic (exact) mass is 292 g/mol. The summed E-state index contributed by atoms with van der Waals surface area (Å²) in [6.45, 7) is 5.48. The van der Waals surface area contributed by atoms with Gasteiger partial charge in [-0.1, -0.05) is 19.4 Å². The molecule has 1 saturated heterocycles. The highest BCUT2D eigenvalue weighted by Crippen LogP contribution is 2.34. The van der Waals surface area contributed by atoms with Gasteiger partial charge in [-0.15, -0.1) is 0 Å². The highest BCUT2D eigenvalue weighted by molar-refractivity contribution is 5.44. The van der Waals surface area contributed by atoms with Crippen LogP contribution in [-0.4, -0.2) is 44.8 Å². The van der Waals surface area contributed by atoms with Crippen LogP contribution in [0.3, 0.4) is 0 Å². The number of benzene rings is 1. The molecular formula is C17H28N2O2. The molecule has 1 aliphatic heterocycles. The van der Waals surface area contributed by atoms with Gasteiger partial charge < -0.3 is 20.1 Å². The van der Waals surface area contributed by atoms with Gasteiger partial charge >= 0.3 is 0 Å². The first kappa shape index (κ1) is 16.1. The van der Waals surface area contributed by atoms with Gasteiger partial charge in [-0.3, -0.25) is 0 Å². The lowest BCUT2D eigenvalue weighted by Crippen LogP contribution is -2.46. The molecule has 0 saturated carbocycles. The van der Waals surface area contributed by atoms with Crippen LogP contribution < -0.4 is 15.2 Å². The minimum atomic E-state index is 0.258. The standard InChI is InChI=1S/C17H28N2O2/c1-4-5-8-19-11-14(9-15(18)12-19)13-6-7-16(20-2)17(10-13)21-3/h6-7,10,14-15H,4-5,8-9,11-12,18H2,1-3H3. The van der Waals surface area contributed by atoms with Gasteiger partial charge in [-0.25, -0.2) is 0 Å². The molecule has 0 amide bonds. The number of unbranched alkanes of at least 4 members (excludes halogenated alkanes) is 1. The summed E-state index contributed by atoms with van der Waals surface area (Å²) in [7, 11) is 3.35. The molecule has 21 heavy (non-hydrogen) atoms. The molecule has 4 heteroatoms. The van der Waals surface area contributed by atoms with Crippen molar-refractivity contribution in [3.05, 3.63) is 23.8 Å². The van der Waals surface area contributed by atoms with Gasteiger partial charge in [-0.2, -0.15) is 0 Å². The highest BCUT2D eigenvalue weighted by Gasteiger charge is 2.26. The second-order valence-corrected chi connectivity index (χ2v) is 5.92. The molecule has 4 nitrogen and oxygen atoms in total. The van der Waals surface area contributed by atoms with E-state index in [9.17, 15) is 0 Å². The van der Waals surface area contributed by atoms with E-state index in [0.717, 1.165) is 37.6 Å². The van der Waals surface area contributed by atoms with Crippen LogP contribution in [0.1, 0.15) is 37.7 Å². The molecule has 0 spiro atoms. The quantitative estimate of drug-likeness (QED) is 0.875. The molecule has 1 heterocycles. The van der Waals surface area contributed by atoms with Gasteiger partial charge in [0.15, 0.2) is 11.5 Å². The second-order valence-electron chi connectivity index (χ2n) is 5.92. The van der Waals surface area contributed by atoms with Gasteiger partial charge in [0.25, 0.3) is 0 Å². The first-order valence-corrected chi connectivity index (χ1v) is 7.87. The first-order valence-electron chi connectivity index (χ1n) is 7.87. The fourth-order valence-electron chi connectivity index (χ4n) is 3.14. The Kier molecular flexibility index (Phi) is 5.88. The average Bonchev–Trinajstić information content (AvgIpc) is 2.51. The minimum Gasteiger partial charge on any atom is -0.493 e. The third-order valence-electron chi connectivity index (χ3n) is 4.27. The lowest BCUT2D eigenvalue weighted by Gasteiger charge is -2.36. The molecule has 2 rings (SSSR count). The van der Waals surface area contributed by atoms with Crippen LogP contribution in [0, 0.1) is 0 Å². The number of piperidine rings is 1. The first-order chi connectivity index (χ1) is 10.2. The van der Waals surface area contributed by atoms with E-state index < -0.39 is 0 Å². The van der Waals surface area contributed by atoms with Gasteiger partial charge in [0.1, 0.15) is 0 Å². The SMILES string of the molecule is CCCCN1CC(N)CC(c2ccc(OC)c(OC)c2)C1. The molecule has 118 valence electrons. The normalized spacial score (nSPS) is 23.0. The van der Waals surface area contributed by atoms with E-state index in [2.05, 4.69) is 24.0 Å². The summed E-state index contributed by atoms with van der Waals surface area (Å²) < 4.78 is 10.7. The van der Waals surface area contributed by atoms with Crippen LogP contribution in [0.4, 0.5) is 0 Å². The molecule has 1 aromatic rings. The number of hydrogen-bond acceptors (Lipinski definition) is 4. The van der Waals surface area contributed by atoms with E-state index in [1.54, 1.807) is 14.2 Å². The van der Waals surface area contributed by atoms with Crippen LogP contribution in [0.25, 0.3) is 0 Å². The van der Waals surface area contributed by atoms with Crippen molar-refractivity contribution in [1.82, 2.24) is 4.90 Å². The van der Waals surface area contributed by atoms with E-state index in [0.29, 0.717) is 5.92 Å². The minimum absolute atomic E-state index is 0.258. The zero-order valence-electron chi connectivity index (χ0n) is 13.5. The van der Waals surface area contributed by atoms with Gasteiger partial charge in [-0.05, 0) is 43.0 Å². The van der Waals surface area contributed by atoms with E-state index >= 15 is 0 Å². The summed E-state index contributed by atoms with van der Waals surface area (Å²) in [6, 6.07) is 6.49. The number of nitrogens with two attached hydrogens (primary N) is 1. The number of nitrogens with zero attached hydrogens (tertiary/aromatic N) is 1. The summed E-state index contributed by atoms with van der Waals surface area (Å²) in [5.74, 6) is 2.06. The highest BCUT2D eigenvalue weighted by atomic mass is 16.5. The summed E-state index contributed by atoms with van der Waals surface area (Å²) in [4.78, 5) is 2.50. The maximum absolute atomic E-state index is 6.25. The zero-order chi connectivity index (χ0) is 15.2. The summed E-state index contributed by atoms with van der Waals surface area (Å²) in [5.41, 5.74) is 7.55. The van der Waals surface area contributed by atoms with Crippen LogP contribution in [-0.2, 0) is 0 Å². The summed E-state index contributed by atoms with van der Waals surface area (Å²) >= 11 is 0. The molecule has 1 aliphatic rings. The van der Waals surface area contributed by atoms with Crippen LogP contribution >= 0.6 is 0 Å². The van der Waals surface area contributed by atoms with Crippen molar-refractivity contribution in [3.8, 4) is 11.5 Å². The molecule has 2 unspecified atom stereocenters. The molecule has 0 aliphatic carbocycles. The zero-order valence-corrected chi connectivity index (χ0v) is 13.5. The van der Waals surface area contributed by atoms with Crippen molar-refractivity contribution >= 4 is 0 Å². The number of methoxy groups -OCH3 is 2. The molecule has 0 bridgehead atoms. The Labute approximate surface area is 128 Å². The fraction of sp³-hybridized carbons (Fsp3) is 0.647. The Bertz CT molecular complexity index is 450. The Balaban J connectivity index is 2.12. The number of ether oxygens (including phenoxy) is 2. The topological polar surface area (TPSA) is 47.7 Å². The Morgan fingerprint density at radius 1 is 1.19 bits per heavy atom. The third kappa shape index (κ3) is 4.11. The lowest BCUT2D eigenvalue weighted by atomic mass is 9.88. The van der Waals surface area contributed by atoms with Crippen molar-refractivity contribution < 1.29 is 9.47 Å². The van der Waals surface area contributed by atoms with E-state index in [1.807, 2.05) is 6.07 Å². The largest absolute Gasteiger partial charge is 0.493 e. The van der Waals surface area contributed by atoms with Gasteiger partial charge in [0, 0.05) is 19.1 Å². The molecule has 1 aromatic carbocycles. The van der Waals surface area contributed by atoms with Crippen molar-refractivity contribution in [2.75, 3.05) is 33.9 Å². The smallest absolute Gasteiger partial charge is 0.160 e. The average molecular weight is 292 g/mol. The maximum atomic E-state index is 6.25. The number of rotatable bonds is 6. The number of likely N-dealkylation sites (tertiary alicyclic amines) is 1. The second kappa shape index (κ2) is 7.66. The predicted octanol–water partition coefficient (Wildman–Crippen LogP) is 2.62. The Hall–Kier alpha value is -1.26. The Morgan fingerprint density at radius 3 is 2.62 bits per heavy atom. The third-order valence-corrected chi connectivity index (χ3v) is 4.27. The van der Waals surface area contributed by atoms with E-state index in [4.69, 9.17) is 15.2 Å². The predicted molar refractivity (Wildman–Crippen MR) is 86.2 cm³/mol. The van der Waals surface area contributed by atoms with E-state index in [1.165, 1.54) is 18.4 Å². The molecule has 2 N–H and O–H groups in total. The Morgan fingerprint density at radius 2 is 1.95 bits per heavy atom. The number of hydrogen-bond donors (Lipinski definition) is 1. The summed E-state index contributed by atoms with van der Waals surface area (Å²) in [6.07, 6.45) is 3.51. The van der Waals surface area contributed by atoms with Crippen molar-refractivity contribution in [2.45, 2.75) is 38.1 Å². The van der Waals surface area contributed by atoms with Crippen LogP contribution in [0.2, 0.25) is 0 Å². The van der Waals surface area contributed by atoms with Crippen LogP contribution in [0.5, 0.6) is 11.5 Å². The van der Waals surface area contributed by atoms with Crippen molar-refractivity contribution in [3.63, 3.8) is 0 Å². The lowest BCUT2D eigenvalue weighted by molar-refractivity contribution is 0.186. The molecule has 2 atom stereocenters. The van der Waals surface area contributed by atoms with E-state index in [-0.39, 0.29) is 6.04 Å². The molecule has 0 radical (unpaired) electrons.